The second kappa shape index (κ2) is 11.2. The normalized spacial score (nSPS) is 19.3. The Bertz CT molecular complexity index is 224. The molecule has 0 aromatic heterocycles. The van der Waals surface area contributed by atoms with E-state index in [2.05, 4.69) is 4.74 Å². The van der Waals surface area contributed by atoms with Crippen LogP contribution in [0.4, 0.5) is 0 Å². The Kier molecular flexibility index (Phi) is 9.72. The number of hydrogen-bond acceptors (Lipinski definition) is 4. The summed E-state index contributed by atoms with van der Waals surface area (Å²) in [5.74, 6) is -0.0964. The molecular weight excluding hydrogens is 244 g/mol. The summed E-state index contributed by atoms with van der Waals surface area (Å²) >= 11 is 0. The minimum absolute atomic E-state index is 0.0498. The van der Waals surface area contributed by atoms with Gasteiger partial charge in [0.1, 0.15) is 0 Å². The second-order valence-corrected chi connectivity index (χ2v) is 5.11. The first-order valence-electron chi connectivity index (χ1n) is 7.63. The van der Waals surface area contributed by atoms with Crippen molar-refractivity contribution in [1.29, 1.82) is 0 Å². The number of rotatable bonds is 10. The highest BCUT2D eigenvalue weighted by molar-refractivity contribution is 5.68. The van der Waals surface area contributed by atoms with Gasteiger partial charge >= 0.3 is 5.97 Å². The largest absolute Gasteiger partial charge is 0.469 e. The molecule has 0 aromatic rings. The number of esters is 1. The number of hydrogen-bond donors (Lipinski definition) is 0. The van der Waals surface area contributed by atoms with Crippen LogP contribution in [0.5, 0.6) is 0 Å². The molecule has 0 amide bonds. The van der Waals surface area contributed by atoms with Crippen LogP contribution in [0.1, 0.15) is 64.2 Å². The summed E-state index contributed by atoms with van der Waals surface area (Å²) in [5, 5.41) is 0. The molecule has 1 aliphatic rings. The number of carbonyl (C=O) groups excluding carboxylic acids is 1. The fourth-order valence-corrected chi connectivity index (χ4v) is 2.24. The van der Waals surface area contributed by atoms with E-state index in [1.54, 1.807) is 0 Å². The average Bonchev–Trinajstić information content (AvgIpc) is 2.46. The van der Waals surface area contributed by atoms with Crippen molar-refractivity contribution in [3.05, 3.63) is 0 Å². The average molecular weight is 272 g/mol. The lowest BCUT2D eigenvalue weighted by molar-refractivity contribution is -0.162. The first-order valence-corrected chi connectivity index (χ1v) is 7.63. The van der Waals surface area contributed by atoms with Crippen molar-refractivity contribution in [2.45, 2.75) is 70.5 Å². The van der Waals surface area contributed by atoms with Crippen molar-refractivity contribution < 1.29 is 19.0 Å². The minimum atomic E-state index is -0.0964. The van der Waals surface area contributed by atoms with Gasteiger partial charge in [0.15, 0.2) is 6.29 Å². The van der Waals surface area contributed by atoms with Crippen LogP contribution in [0.2, 0.25) is 0 Å². The second-order valence-electron chi connectivity index (χ2n) is 5.11. The van der Waals surface area contributed by atoms with Gasteiger partial charge in [-0.25, -0.2) is 0 Å². The fraction of sp³-hybridized carbons (Fsp3) is 0.933. The molecule has 1 saturated heterocycles. The monoisotopic (exact) mass is 272 g/mol. The molecule has 0 saturated carbocycles. The molecule has 0 aromatic carbocycles. The molecular formula is C15H28O4. The number of ether oxygens (including phenoxy) is 3. The van der Waals surface area contributed by atoms with Crippen LogP contribution in [-0.4, -0.2) is 32.6 Å². The van der Waals surface area contributed by atoms with Gasteiger partial charge in [-0.3, -0.25) is 4.79 Å². The van der Waals surface area contributed by atoms with Gasteiger partial charge in [-0.15, -0.1) is 0 Å². The van der Waals surface area contributed by atoms with Gasteiger partial charge in [-0.2, -0.15) is 0 Å². The van der Waals surface area contributed by atoms with Crippen molar-refractivity contribution in [3.63, 3.8) is 0 Å². The highest BCUT2D eigenvalue weighted by atomic mass is 16.7. The first-order chi connectivity index (χ1) is 9.33. The van der Waals surface area contributed by atoms with Crippen molar-refractivity contribution in [3.8, 4) is 0 Å². The molecule has 0 radical (unpaired) electrons. The summed E-state index contributed by atoms with van der Waals surface area (Å²) in [6.45, 7) is 1.66. The topological polar surface area (TPSA) is 44.8 Å². The third-order valence-electron chi connectivity index (χ3n) is 3.44. The fourth-order valence-electron chi connectivity index (χ4n) is 2.24. The predicted octanol–water partition coefficient (Wildman–Crippen LogP) is 3.43. The van der Waals surface area contributed by atoms with E-state index in [1.165, 1.54) is 39.2 Å². The lowest BCUT2D eigenvalue weighted by Crippen LogP contribution is -2.22. The molecule has 0 N–H and O–H groups in total. The Hall–Kier alpha value is -0.610. The predicted molar refractivity (Wildman–Crippen MR) is 73.9 cm³/mol. The molecule has 1 heterocycles. The Morgan fingerprint density at radius 3 is 2.53 bits per heavy atom. The Labute approximate surface area is 116 Å². The molecule has 1 atom stereocenters. The summed E-state index contributed by atoms with van der Waals surface area (Å²) in [6, 6.07) is 0. The Balaban J connectivity index is 1.77. The van der Waals surface area contributed by atoms with E-state index < -0.39 is 0 Å². The third-order valence-corrected chi connectivity index (χ3v) is 3.44. The Morgan fingerprint density at radius 2 is 1.84 bits per heavy atom. The van der Waals surface area contributed by atoms with Crippen LogP contribution in [-0.2, 0) is 19.0 Å². The zero-order chi connectivity index (χ0) is 13.8. The standard InChI is InChI=1S/C15H28O4/c1-17-14(16)10-6-4-2-3-5-8-12-18-15-11-7-9-13-19-15/h15H,2-13H2,1H3. The van der Waals surface area contributed by atoms with Gasteiger partial charge in [-0.1, -0.05) is 25.7 Å². The van der Waals surface area contributed by atoms with Crippen molar-refractivity contribution >= 4 is 5.97 Å². The molecule has 19 heavy (non-hydrogen) atoms. The summed E-state index contributed by atoms with van der Waals surface area (Å²) < 4.78 is 15.8. The van der Waals surface area contributed by atoms with Gasteiger partial charge in [0, 0.05) is 19.6 Å². The van der Waals surface area contributed by atoms with Gasteiger partial charge in [0.25, 0.3) is 0 Å². The maximum absolute atomic E-state index is 10.9. The summed E-state index contributed by atoms with van der Waals surface area (Å²) in [6.07, 6.45) is 10.8. The van der Waals surface area contributed by atoms with Gasteiger partial charge < -0.3 is 14.2 Å². The minimum Gasteiger partial charge on any atom is -0.469 e. The third kappa shape index (κ3) is 9.00. The maximum Gasteiger partial charge on any atom is 0.305 e. The van der Waals surface area contributed by atoms with Crippen LogP contribution in [0.25, 0.3) is 0 Å². The molecule has 1 aliphatic heterocycles. The van der Waals surface area contributed by atoms with Crippen molar-refractivity contribution in [1.82, 2.24) is 0 Å². The molecule has 1 rings (SSSR count). The van der Waals surface area contributed by atoms with Crippen LogP contribution in [0, 0.1) is 0 Å². The van der Waals surface area contributed by atoms with Crippen LogP contribution in [0.3, 0.4) is 0 Å². The molecule has 1 unspecified atom stereocenters. The Morgan fingerprint density at radius 1 is 1.11 bits per heavy atom. The van der Waals surface area contributed by atoms with Crippen LogP contribution < -0.4 is 0 Å². The lowest BCUT2D eigenvalue weighted by atomic mass is 10.1. The zero-order valence-corrected chi connectivity index (χ0v) is 12.2. The molecule has 0 aliphatic carbocycles. The van der Waals surface area contributed by atoms with Crippen molar-refractivity contribution in [2.24, 2.45) is 0 Å². The lowest BCUT2D eigenvalue weighted by Gasteiger charge is -2.22. The highest BCUT2D eigenvalue weighted by Gasteiger charge is 2.13. The van der Waals surface area contributed by atoms with E-state index in [9.17, 15) is 4.79 Å². The number of unbranched alkanes of at least 4 members (excludes halogenated alkanes) is 5. The zero-order valence-electron chi connectivity index (χ0n) is 12.2. The van der Waals surface area contributed by atoms with Crippen molar-refractivity contribution in [2.75, 3.05) is 20.3 Å². The van der Waals surface area contributed by atoms with E-state index in [1.807, 2.05) is 0 Å². The molecule has 112 valence electrons. The van der Waals surface area contributed by atoms with E-state index >= 15 is 0 Å². The van der Waals surface area contributed by atoms with Gasteiger partial charge in [0.2, 0.25) is 0 Å². The van der Waals surface area contributed by atoms with E-state index in [-0.39, 0.29) is 12.3 Å². The number of methoxy groups -OCH3 is 1. The molecule has 0 bridgehead atoms. The van der Waals surface area contributed by atoms with E-state index in [0.29, 0.717) is 6.42 Å². The SMILES string of the molecule is COC(=O)CCCCCCCCOC1CCCCO1. The van der Waals surface area contributed by atoms with Gasteiger partial charge in [0.05, 0.1) is 7.11 Å². The van der Waals surface area contributed by atoms with E-state index in [0.717, 1.165) is 38.9 Å². The van der Waals surface area contributed by atoms with Gasteiger partial charge in [-0.05, 0) is 32.1 Å². The maximum atomic E-state index is 10.9. The highest BCUT2D eigenvalue weighted by Crippen LogP contribution is 2.14. The summed E-state index contributed by atoms with van der Waals surface area (Å²) in [5.41, 5.74) is 0. The smallest absolute Gasteiger partial charge is 0.305 e. The first kappa shape index (κ1) is 16.4. The number of carbonyl (C=O) groups is 1. The molecule has 4 nitrogen and oxygen atoms in total. The quantitative estimate of drug-likeness (QED) is 0.451. The molecule has 1 fully saturated rings. The molecule has 0 spiro atoms. The summed E-state index contributed by atoms with van der Waals surface area (Å²) in [4.78, 5) is 10.9. The van der Waals surface area contributed by atoms with E-state index in [4.69, 9.17) is 9.47 Å². The summed E-state index contributed by atoms with van der Waals surface area (Å²) in [7, 11) is 1.44. The molecule has 4 heteroatoms. The van der Waals surface area contributed by atoms with Crippen LogP contribution in [0.15, 0.2) is 0 Å². The van der Waals surface area contributed by atoms with Crippen LogP contribution >= 0.6 is 0 Å².